The van der Waals surface area contributed by atoms with Crippen LogP contribution in [0.15, 0.2) is 24.3 Å². The van der Waals surface area contributed by atoms with Crippen molar-refractivity contribution in [3.8, 4) is 0 Å². The van der Waals surface area contributed by atoms with Crippen molar-refractivity contribution in [2.24, 2.45) is 0 Å². The molecule has 0 aliphatic heterocycles. The van der Waals surface area contributed by atoms with Gasteiger partial charge < -0.3 is 0 Å². The molecule has 3 nitrogen and oxygen atoms in total. The van der Waals surface area contributed by atoms with Crippen LogP contribution in [0, 0.1) is 0 Å². The molecule has 0 saturated heterocycles. The molecule has 4 heteroatoms. The van der Waals surface area contributed by atoms with E-state index in [1.807, 2.05) is 13.8 Å². The third-order valence-corrected chi connectivity index (χ3v) is 6.77. The van der Waals surface area contributed by atoms with Crippen LogP contribution < -0.4 is 5.32 Å². The molecule has 25 heavy (non-hydrogen) atoms. The van der Waals surface area contributed by atoms with Crippen molar-refractivity contribution < 1.29 is 9.46 Å². The summed E-state index contributed by atoms with van der Waals surface area (Å²) in [7, 11) is -2.23. The minimum atomic E-state index is -2.23. The summed E-state index contributed by atoms with van der Waals surface area (Å²) in [6, 6.07) is 8.69. The number of hydrogen-bond donors (Lipinski definition) is 2. The quantitative estimate of drug-likeness (QED) is 0.299. The van der Waals surface area contributed by atoms with Crippen LogP contribution in [0.5, 0.6) is 0 Å². The molecule has 0 fully saturated rings. The molecular weight excluding hydrogens is 329 g/mol. The van der Waals surface area contributed by atoms with Crippen LogP contribution in [0.1, 0.15) is 89.7 Å². The molecule has 0 aromatic heterocycles. The summed E-state index contributed by atoms with van der Waals surface area (Å²) in [5, 5.41) is 2.65. The van der Waals surface area contributed by atoms with Gasteiger partial charge in [0.1, 0.15) is 0 Å². The summed E-state index contributed by atoms with van der Waals surface area (Å²) >= 11 is 0. The number of rotatable bonds is 14. The lowest BCUT2D eigenvalue weighted by Crippen LogP contribution is -2.40. The van der Waals surface area contributed by atoms with Crippen molar-refractivity contribution in [3.05, 3.63) is 35.4 Å². The van der Waals surface area contributed by atoms with E-state index in [0.29, 0.717) is 19.4 Å². The molecule has 1 unspecified atom stereocenters. The van der Waals surface area contributed by atoms with Gasteiger partial charge in [-0.05, 0) is 28.5 Å². The van der Waals surface area contributed by atoms with E-state index in [2.05, 4.69) is 36.5 Å². The van der Waals surface area contributed by atoms with Gasteiger partial charge in [0, 0.05) is 19.4 Å². The first-order valence-corrected chi connectivity index (χ1v) is 11.3. The molecule has 1 atom stereocenters. The van der Waals surface area contributed by atoms with Crippen molar-refractivity contribution in [1.29, 1.82) is 0 Å². The van der Waals surface area contributed by atoms with Gasteiger partial charge in [-0.25, -0.2) is 0 Å². The maximum atomic E-state index is 11.7. The minimum absolute atomic E-state index is 0.640. The highest BCUT2D eigenvalue weighted by Gasteiger charge is 2.45. The Kier molecular flexibility index (Phi) is 11.2. The lowest BCUT2D eigenvalue weighted by molar-refractivity contribution is 0.367. The second-order valence-electron chi connectivity index (χ2n) is 7.05. The molecule has 0 amide bonds. The van der Waals surface area contributed by atoms with Gasteiger partial charge in [0.05, 0.1) is 0 Å². The molecule has 0 aliphatic carbocycles. The SMILES string of the molecule is CCCCCCCCCc1ccc(CNC(CC)(CC)[P+](=O)O)cc1. The molecule has 0 saturated carbocycles. The van der Waals surface area contributed by atoms with Crippen LogP contribution in [0.2, 0.25) is 0 Å². The number of benzene rings is 1. The highest BCUT2D eigenvalue weighted by molar-refractivity contribution is 7.40. The summed E-state index contributed by atoms with van der Waals surface area (Å²) in [5.74, 6) is 0. The number of nitrogens with one attached hydrogen (secondary N) is 1. The molecule has 0 aliphatic rings. The van der Waals surface area contributed by atoms with E-state index >= 15 is 0 Å². The Labute approximate surface area is 155 Å². The first-order valence-electron chi connectivity index (χ1n) is 10.1. The van der Waals surface area contributed by atoms with Gasteiger partial charge in [0.15, 0.2) is 0 Å². The van der Waals surface area contributed by atoms with Gasteiger partial charge >= 0.3 is 8.03 Å². The zero-order valence-corrected chi connectivity index (χ0v) is 17.3. The molecule has 1 aromatic carbocycles. The van der Waals surface area contributed by atoms with Crippen molar-refractivity contribution in [3.63, 3.8) is 0 Å². The first kappa shape index (κ1) is 22.3. The number of aryl methyl sites for hydroxylation is 1. The second kappa shape index (κ2) is 12.6. The van der Waals surface area contributed by atoms with E-state index in [1.54, 1.807) is 0 Å². The van der Waals surface area contributed by atoms with Gasteiger partial charge in [0.25, 0.3) is 0 Å². The number of hydrogen-bond acceptors (Lipinski definition) is 2. The largest absolute Gasteiger partial charge is 0.527 e. The average molecular weight is 367 g/mol. The topological polar surface area (TPSA) is 49.3 Å². The molecule has 1 aromatic rings. The summed E-state index contributed by atoms with van der Waals surface area (Å²) < 4.78 is 11.7. The third-order valence-electron chi connectivity index (χ3n) is 5.25. The third kappa shape index (κ3) is 7.98. The molecule has 0 bridgehead atoms. The van der Waals surface area contributed by atoms with E-state index in [9.17, 15) is 9.46 Å². The Morgan fingerprint density at radius 1 is 0.880 bits per heavy atom. The van der Waals surface area contributed by atoms with Crippen LogP contribution in [-0.2, 0) is 17.5 Å². The monoisotopic (exact) mass is 366 g/mol. The van der Waals surface area contributed by atoms with Gasteiger partial charge in [-0.3, -0.25) is 5.32 Å². The lowest BCUT2D eigenvalue weighted by atomic mass is 10.0. The Morgan fingerprint density at radius 3 is 1.92 bits per heavy atom. The highest BCUT2D eigenvalue weighted by Crippen LogP contribution is 2.38. The number of unbranched alkanes of at least 4 members (excludes halogenated alkanes) is 6. The van der Waals surface area contributed by atoms with Crippen molar-refractivity contribution in [2.75, 3.05) is 0 Å². The van der Waals surface area contributed by atoms with E-state index < -0.39 is 13.3 Å². The van der Waals surface area contributed by atoms with Gasteiger partial charge in [-0.15, -0.1) is 0 Å². The minimum Gasteiger partial charge on any atom is -0.264 e. The van der Waals surface area contributed by atoms with Crippen LogP contribution in [0.3, 0.4) is 0 Å². The van der Waals surface area contributed by atoms with Crippen molar-refractivity contribution in [1.82, 2.24) is 5.32 Å². The lowest BCUT2D eigenvalue weighted by Gasteiger charge is -2.20. The summed E-state index contributed by atoms with van der Waals surface area (Å²) in [6.07, 6.45) is 11.9. The predicted molar refractivity (Wildman–Crippen MR) is 108 cm³/mol. The van der Waals surface area contributed by atoms with Gasteiger partial charge in [-0.2, -0.15) is 4.89 Å². The molecule has 0 heterocycles. The van der Waals surface area contributed by atoms with Crippen LogP contribution in [0.25, 0.3) is 0 Å². The molecule has 142 valence electrons. The Bertz CT molecular complexity index is 483. The fraction of sp³-hybridized carbons (Fsp3) is 0.714. The zero-order chi connectivity index (χ0) is 18.5. The van der Waals surface area contributed by atoms with E-state index in [4.69, 9.17) is 0 Å². The Morgan fingerprint density at radius 2 is 1.40 bits per heavy atom. The maximum Gasteiger partial charge on any atom is 0.527 e. The summed E-state index contributed by atoms with van der Waals surface area (Å²) in [5.41, 5.74) is 2.56. The molecule has 2 N–H and O–H groups in total. The van der Waals surface area contributed by atoms with E-state index in [-0.39, 0.29) is 0 Å². The Hall–Kier alpha value is -0.760. The fourth-order valence-corrected chi connectivity index (χ4v) is 3.97. The highest BCUT2D eigenvalue weighted by atomic mass is 31.1. The predicted octanol–water partition coefficient (Wildman–Crippen LogP) is 6.32. The van der Waals surface area contributed by atoms with Gasteiger partial charge in [0.2, 0.25) is 5.28 Å². The average Bonchev–Trinajstić information content (AvgIpc) is 2.63. The molecular formula is C21H37NO2P+. The van der Waals surface area contributed by atoms with E-state index in [0.717, 1.165) is 6.42 Å². The maximum absolute atomic E-state index is 11.7. The molecule has 0 spiro atoms. The Balaban J connectivity index is 2.35. The van der Waals surface area contributed by atoms with Crippen molar-refractivity contribution >= 4 is 8.03 Å². The fourth-order valence-electron chi connectivity index (χ4n) is 3.21. The summed E-state index contributed by atoms with van der Waals surface area (Å²) in [6.45, 7) is 6.82. The standard InChI is InChI=1S/C21H36NO2P/c1-4-7-8-9-10-11-12-13-19-14-16-20(17-15-19)18-22-21(5-2,6-3)25(23)24/h14-17,22H,4-13,18H2,1-3H3/p+1. The van der Waals surface area contributed by atoms with Crippen LogP contribution in [-0.4, -0.2) is 10.2 Å². The molecule has 1 rings (SSSR count). The normalized spacial score (nSPS) is 12.4. The van der Waals surface area contributed by atoms with Crippen LogP contribution in [0.4, 0.5) is 0 Å². The first-order chi connectivity index (χ1) is 12.1. The second-order valence-corrected chi connectivity index (χ2v) is 8.45. The van der Waals surface area contributed by atoms with E-state index in [1.165, 1.54) is 56.1 Å². The smallest absolute Gasteiger partial charge is 0.264 e. The van der Waals surface area contributed by atoms with Crippen molar-refractivity contribution in [2.45, 2.75) is 96.8 Å². The van der Waals surface area contributed by atoms with Gasteiger partial charge in [-0.1, -0.05) is 83.6 Å². The van der Waals surface area contributed by atoms with Crippen LogP contribution >= 0.6 is 8.03 Å². The summed E-state index contributed by atoms with van der Waals surface area (Å²) in [4.78, 5) is 9.62. The molecule has 0 radical (unpaired) electrons. The zero-order valence-electron chi connectivity index (χ0n) is 16.4.